The van der Waals surface area contributed by atoms with Gasteiger partial charge in [0, 0.05) is 11.9 Å². The number of piperidine rings is 1. The molecule has 5 rings (SSSR count). The Morgan fingerprint density at radius 1 is 0.969 bits per heavy atom. The quantitative estimate of drug-likeness (QED) is 0.468. The van der Waals surface area contributed by atoms with E-state index in [1.54, 1.807) is 12.1 Å². The molecule has 2 aromatic heterocycles. The predicted octanol–water partition coefficient (Wildman–Crippen LogP) is 4.62. The Balaban J connectivity index is 1.39. The third-order valence-electron chi connectivity index (χ3n) is 6.06. The number of nitrogens with zero attached hydrogens (tertiary/aromatic N) is 2. The second-order valence-corrected chi connectivity index (χ2v) is 10.3. The van der Waals surface area contributed by atoms with Gasteiger partial charge in [0.15, 0.2) is 9.84 Å². The molecule has 2 N–H and O–H groups in total. The van der Waals surface area contributed by atoms with Crippen LogP contribution >= 0.6 is 0 Å². The summed E-state index contributed by atoms with van der Waals surface area (Å²) in [6, 6.07) is 21.5. The highest BCUT2D eigenvalue weighted by atomic mass is 32.2. The van der Waals surface area contributed by atoms with Crippen molar-refractivity contribution >= 4 is 27.0 Å². The van der Waals surface area contributed by atoms with Crippen LogP contribution in [0.25, 0.3) is 16.9 Å². The van der Waals surface area contributed by atoms with Gasteiger partial charge in [-0.05, 0) is 79.4 Å². The number of nitrogens with one attached hydrogen (secondary N) is 2. The topological polar surface area (TPSA) is 75.5 Å². The smallest absolute Gasteiger partial charge is 0.175 e. The van der Waals surface area contributed by atoms with E-state index in [4.69, 9.17) is 4.98 Å². The van der Waals surface area contributed by atoms with E-state index in [0.717, 1.165) is 41.5 Å². The van der Waals surface area contributed by atoms with Gasteiger partial charge in [0.2, 0.25) is 0 Å². The highest BCUT2D eigenvalue weighted by Crippen LogP contribution is 2.28. The monoisotopic (exact) mass is 446 g/mol. The fourth-order valence-corrected chi connectivity index (χ4v) is 4.95. The molecule has 1 saturated heterocycles. The molecule has 4 aromatic rings. The van der Waals surface area contributed by atoms with E-state index in [-0.39, 0.29) is 0 Å². The molecule has 1 fully saturated rings. The molecule has 164 valence electrons. The van der Waals surface area contributed by atoms with E-state index in [0.29, 0.717) is 10.8 Å². The Morgan fingerprint density at radius 2 is 1.69 bits per heavy atom. The molecule has 3 heterocycles. The van der Waals surface area contributed by atoms with Crippen molar-refractivity contribution in [2.24, 2.45) is 0 Å². The molecule has 0 amide bonds. The van der Waals surface area contributed by atoms with Crippen LogP contribution in [0.5, 0.6) is 0 Å². The van der Waals surface area contributed by atoms with Crippen LogP contribution in [0, 0.1) is 0 Å². The summed E-state index contributed by atoms with van der Waals surface area (Å²) >= 11 is 0. The molecular formula is C25H26N4O2S. The zero-order chi connectivity index (χ0) is 22.1. The second-order valence-electron chi connectivity index (χ2n) is 8.33. The summed E-state index contributed by atoms with van der Waals surface area (Å²) < 4.78 is 25.5. The molecule has 0 saturated carbocycles. The van der Waals surface area contributed by atoms with E-state index >= 15 is 0 Å². The fraction of sp³-hybridized carbons (Fsp3) is 0.240. The van der Waals surface area contributed by atoms with Crippen LogP contribution in [0.3, 0.4) is 0 Å². The first-order chi connectivity index (χ1) is 15.5. The Morgan fingerprint density at radius 3 is 2.38 bits per heavy atom. The van der Waals surface area contributed by atoms with Crippen LogP contribution < -0.4 is 10.6 Å². The van der Waals surface area contributed by atoms with Crippen molar-refractivity contribution in [1.29, 1.82) is 0 Å². The number of benzene rings is 2. The second kappa shape index (κ2) is 8.41. The Hall–Kier alpha value is -3.16. The number of fused-ring (bicyclic) bond motifs is 1. The number of hydrogen-bond acceptors (Lipinski definition) is 5. The lowest BCUT2D eigenvalue weighted by Crippen LogP contribution is -2.26. The van der Waals surface area contributed by atoms with Gasteiger partial charge in [-0.15, -0.1) is 0 Å². The summed E-state index contributed by atoms with van der Waals surface area (Å²) in [5.41, 5.74) is 5.10. The summed E-state index contributed by atoms with van der Waals surface area (Å²) in [7, 11) is -3.22. The number of imidazole rings is 1. The SMILES string of the molecule is CS(=O)(=O)c1ccc(-c2cccc3nc(Nc4ccc(C5CCNCC5)cc4)cn23)cc1. The number of sulfone groups is 1. The molecule has 0 unspecified atom stereocenters. The van der Waals surface area contributed by atoms with Crippen molar-refractivity contribution in [2.45, 2.75) is 23.7 Å². The standard InChI is InChI=1S/C25H26N4O2S/c1-32(30,31)22-11-7-20(8-12-22)23-3-2-4-25-28-24(17-29(23)25)27-21-9-5-18(6-10-21)19-13-15-26-16-14-19/h2-12,17,19,26-27H,13-16H2,1H3. The Kier molecular flexibility index (Phi) is 5.45. The zero-order valence-electron chi connectivity index (χ0n) is 18.0. The molecule has 0 bridgehead atoms. The van der Waals surface area contributed by atoms with Crippen LogP contribution in [0.2, 0.25) is 0 Å². The van der Waals surface area contributed by atoms with Crippen molar-refractivity contribution in [2.75, 3.05) is 24.7 Å². The van der Waals surface area contributed by atoms with Gasteiger partial charge in [0.1, 0.15) is 11.5 Å². The van der Waals surface area contributed by atoms with Crippen LogP contribution in [0.4, 0.5) is 11.5 Å². The summed E-state index contributed by atoms with van der Waals surface area (Å²) in [5.74, 6) is 1.40. The minimum Gasteiger partial charge on any atom is -0.339 e. The van der Waals surface area contributed by atoms with Crippen molar-refractivity contribution in [1.82, 2.24) is 14.7 Å². The Bertz CT molecular complexity index is 1340. The van der Waals surface area contributed by atoms with Gasteiger partial charge in [0.05, 0.1) is 16.8 Å². The highest BCUT2D eigenvalue weighted by molar-refractivity contribution is 7.90. The summed E-state index contributed by atoms with van der Waals surface area (Å²) in [4.78, 5) is 5.03. The number of rotatable bonds is 5. The average Bonchev–Trinajstić information content (AvgIpc) is 3.22. The number of anilines is 2. The van der Waals surface area contributed by atoms with Gasteiger partial charge >= 0.3 is 0 Å². The first kappa shape index (κ1) is 20.7. The molecule has 2 aromatic carbocycles. The largest absolute Gasteiger partial charge is 0.339 e. The summed E-state index contributed by atoms with van der Waals surface area (Å²) in [5, 5.41) is 6.82. The number of aromatic nitrogens is 2. The lowest BCUT2D eigenvalue weighted by atomic mass is 9.90. The van der Waals surface area contributed by atoms with Crippen molar-refractivity contribution in [3.05, 3.63) is 78.5 Å². The molecule has 0 spiro atoms. The van der Waals surface area contributed by atoms with E-state index in [2.05, 4.69) is 34.9 Å². The maximum absolute atomic E-state index is 11.8. The van der Waals surface area contributed by atoms with Gasteiger partial charge < -0.3 is 10.6 Å². The molecule has 0 atom stereocenters. The first-order valence-electron chi connectivity index (χ1n) is 10.8. The van der Waals surface area contributed by atoms with Gasteiger partial charge in [-0.25, -0.2) is 13.4 Å². The molecule has 1 aliphatic rings. The molecule has 32 heavy (non-hydrogen) atoms. The minimum atomic E-state index is -3.22. The third-order valence-corrected chi connectivity index (χ3v) is 7.19. The maximum atomic E-state index is 11.8. The third kappa shape index (κ3) is 4.26. The van der Waals surface area contributed by atoms with Crippen molar-refractivity contribution in [3.8, 4) is 11.3 Å². The van der Waals surface area contributed by atoms with E-state index in [1.807, 2.05) is 40.9 Å². The predicted molar refractivity (Wildman–Crippen MR) is 128 cm³/mol. The van der Waals surface area contributed by atoms with E-state index in [1.165, 1.54) is 24.7 Å². The van der Waals surface area contributed by atoms with Crippen LogP contribution in [0.1, 0.15) is 24.3 Å². The molecule has 7 heteroatoms. The molecule has 6 nitrogen and oxygen atoms in total. The van der Waals surface area contributed by atoms with Crippen molar-refractivity contribution in [3.63, 3.8) is 0 Å². The van der Waals surface area contributed by atoms with E-state index in [9.17, 15) is 8.42 Å². The highest BCUT2D eigenvalue weighted by Gasteiger charge is 2.15. The van der Waals surface area contributed by atoms with Gasteiger partial charge in [-0.1, -0.05) is 30.3 Å². The lowest BCUT2D eigenvalue weighted by molar-refractivity contribution is 0.460. The number of pyridine rings is 1. The molecule has 0 radical (unpaired) electrons. The maximum Gasteiger partial charge on any atom is 0.175 e. The molecule has 0 aliphatic carbocycles. The molecular weight excluding hydrogens is 420 g/mol. The summed E-state index contributed by atoms with van der Waals surface area (Å²) in [6.45, 7) is 2.18. The van der Waals surface area contributed by atoms with Gasteiger partial charge in [-0.2, -0.15) is 0 Å². The normalized spacial score (nSPS) is 15.2. The van der Waals surface area contributed by atoms with Crippen molar-refractivity contribution < 1.29 is 8.42 Å². The van der Waals surface area contributed by atoms with Gasteiger partial charge in [0.25, 0.3) is 0 Å². The summed E-state index contributed by atoms with van der Waals surface area (Å²) in [6.07, 6.45) is 5.56. The van der Waals surface area contributed by atoms with Crippen LogP contribution in [0.15, 0.2) is 77.8 Å². The number of hydrogen-bond donors (Lipinski definition) is 2. The zero-order valence-corrected chi connectivity index (χ0v) is 18.8. The Labute approximate surface area is 188 Å². The van der Waals surface area contributed by atoms with Crippen LogP contribution in [-0.2, 0) is 9.84 Å². The molecule has 1 aliphatic heterocycles. The lowest BCUT2D eigenvalue weighted by Gasteiger charge is -2.23. The van der Waals surface area contributed by atoms with E-state index < -0.39 is 9.84 Å². The fourth-order valence-electron chi connectivity index (χ4n) is 4.32. The van der Waals surface area contributed by atoms with Crippen LogP contribution in [-0.4, -0.2) is 37.1 Å². The first-order valence-corrected chi connectivity index (χ1v) is 12.7. The average molecular weight is 447 g/mol. The van der Waals surface area contributed by atoms with Gasteiger partial charge in [-0.3, -0.25) is 4.40 Å². The minimum absolute atomic E-state index is 0.314.